The highest BCUT2D eigenvalue weighted by molar-refractivity contribution is 7.00. The third-order valence-electron chi connectivity index (χ3n) is 21.2. The van der Waals surface area contributed by atoms with Gasteiger partial charge in [0.1, 0.15) is 5.58 Å². The average molecular weight is 1300 g/mol. The first kappa shape index (κ1) is 53.0. The lowest BCUT2D eigenvalue weighted by Crippen LogP contribution is -2.61. The van der Waals surface area contributed by atoms with Gasteiger partial charge in [-0.25, -0.2) is 0 Å². The standard InChI is InChI=1S/C94H81BN4O/c1-91(2,3)62-40-37-60(38-41-62)68-31-23-32-71-72-33-24-36-83(90(72)100-89(68)71)99-85-57-67(97-81-49-42-63(92(4,5)6)52-74(81)75-53-64(93(7,8)9)43-50-82(75)97)45-47-77(85)95-76-46-44-66(96-78-34-21-19-29-69(78)70-30-20-22-35-79(70)96)56-84(76)98(86-54-65(94(10,11)12)55-87(99)88(86)95)80-48-39-61(58-25-15-13-16-26-58)51-73(80)59-27-17-14-18-28-59/h13-57H,1-12H3/i19D,20D,21D,22D,29D,30D,34D,35D. The molecule has 100 heavy (non-hydrogen) atoms. The molecule has 3 aromatic heterocycles. The monoisotopic (exact) mass is 1300 g/mol. The van der Waals surface area contributed by atoms with E-state index in [2.05, 4.69) is 304 Å². The molecule has 0 spiro atoms. The van der Waals surface area contributed by atoms with Crippen LogP contribution >= 0.6 is 0 Å². The van der Waals surface area contributed by atoms with Crippen LogP contribution in [0.1, 0.15) is 116 Å². The van der Waals surface area contributed by atoms with Crippen molar-refractivity contribution in [3.8, 4) is 44.8 Å². The number of rotatable bonds is 7. The molecule has 0 saturated heterocycles. The Morgan fingerprint density at radius 1 is 0.300 bits per heavy atom. The third kappa shape index (κ3) is 9.65. The predicted octanol–water partition coefficient (Wildman–Crippen LogP) is 24.1. The summed E-state index contributed by atoms with van der Waals surface area (Å²) < 4.78 is 86.6. The van der Waals surface area contributed by atoms with Crippen molar-refractivity contribution in [2.45, 2.75) is 105 Å². The third-order valence-corrected chi connectivity index (χ3v) is 21.2. The van der Waals surface area contributed by atoms with Gasteiger partial charge in [-0.2, -0.15) is 0 Å². The van der Waals surface area contributed by atoms with Gasteiger partial charge in [0.15, 0.2) is 5.58 Å². The van der Waals surface area contributed by atoms with Crippen LogP contribution in [0.5, 0.6) is 0 Å². The van der Waals surface area contributed by atoms with E-state index < -0.39 is 36.3 Å². The number of hydrogen-bond donors (Lipinski definition) is 0. The van der Waals surface area contributed by atoms with Crippen molar-refractivity contribution < 1.29 is 15.4 Å². The lowest BCUT2D eigenvalue weighted by atomic mass is 9.33. The Morgan fingerprint density at radius 2 is 0.770 bits per heavy atom. The zero-order valence-electron chi connectivity index (χ0n) is 66.6. The van der Waals surface area contributed by atoms with Gasteiger partial charge in [0.2, 0.25) is 0 Å². The van der Waals surface area contributed by atoms with Gasteiger partial charge < -0.3 is 23.4 Å². The molecule has 486 valence electrons. The molecular formula is C94H81BN4O. The van der Waals surface area contributed by atoms with Crippen molar-refractivity contribution in [2.75, 3.05) is 9.80 Å². The molecule has 0 bridgehead atoms. The SMILES string of the molecule is [2H]c1c([2H])c([2H])c2c(c1[2H])c1c([2H])c([2H])c([2H])c([2H])c1n2-c1ccc2c(c1)N(c1ccc(-c3ccccc3)cc1-c1ccccc1)c1cc(C(C)(C)C)cc3c1B2c1ccc(-n2c4ccc(C(C)(C)C)cc4c4cc(C(C)(C)C)ccc42)cc1N3c1cccc2c1oc1c(-c3ccc(C(C)(C)C)cc3)cccc12. The molecule has 0 unspecified atom stereocenters. The number of benzene rings is 13. The molecule has 16 aromatic rings. The van der Waals surface area contributed by atoms with Crippen LogP contribution < -0.4 is 26.2 Å². The molecule has 0 saturated carbocycles. The van der Waals surface area contributed by atoms with Crippen molar-refractivity contribution >= 4 is 123 Å². The molecule has 0 atom stereocenters. The molecule has 18 rings (SSSR count). The summed E-state index contributed by atoms with van der Waals surface area (Å²) in [6.07, 6.45) is 0. The van der Waals surface area contributed by atoms with Gasteiger partial charge in [-0.05, 0) is 174 Å². The fraction of sp³-hybridized carbons (Fsp3) is 0.170. The van der Waals surface area contributed by atoms with E-state index in [4.69, 9.17) is 7.16 Å². The van der Waals surface area contributed by atoms with E-state index in [1.807, 2.05) is 18.2 Å². The van der Waals surface area contributed by atoms with Gasteiger partial charge in [-0.3, -0.25) is 0 Å². The van der Waals surface area contributed by atoms with Gasteiger partial charge in [0.05, 0.1) is 44.4 Å². The zero-order valence-corrected chi connectivity index (χ0v) is 58.6. The van der Waals surface area contributed by atoms with E-state index in [1.165, 1.54) is 27.5 Å². The number of aromatic nitrogens is 2. The van der Waals surface area contributed by atoms with Crippen LogP contribution in [0, 0.1) is 0 Å². The second-order valence-corrected chi connectivity index (χ2v) is 31.6. The van der Waals surface area contributed by atoms with Gasteiger partial charge in [-0.1, -0.05) is 265 Å². The molecule has 5 heterocycles. The topological polar surface area (TPSA) is 29.5 Å². The summed E-state index contributed by atoms with van der Waals surface area (Å²) in [5, 5.41) is 4.37. The number of fused-ring (bicyclic) bond motifs is 13. The molecule has 0 N–H and O–H groups in total. The summed E-state index contributed by atoms with van der Waals surface area (Å²) in [7, 11) is 0. The van der Waals surface area contributed by atoms with Crippen LogP contribution in [-0.4, -0.2) is 15.8 Å². The van der Waals surface area contributed by atoms with E-state index in [9.17, 15) is 8.22 Å². The summed E-state index contributed by atoms with van der Waals surface area (Å²) in [6.45, 7) is 26.7. The maximum atomic E-state index is 9.75. The molecular weight excluding hydrogens is 1210 g/mol. The van der Waals surface area contributed by atoms with Gasteiger partial charge >= 0.3 is 0 Å². The first-order chi connectivity index (χ1) is 51.5. The maximum Gasteiger partial charge on any atom is 0.252 e. The Balaban J connectivity index is 0.984. The lowest BCUT2D eigenvalue weighted by molar-refractivity contribution is 0.590. The van der Waals surface area contributed by atoms with E-state index >= 15 is 0 Å². The summed E-state index contributed by atoms with van der Waals surface area (Å²) in [5.74, 6) is 0. The van der Waals surface area contributed by atoms with Crippen LogP contribution in [0.15, 0.2) is 277 Å². The molecule has 0 aliphatic carbocycles. The van der Waals surface area contributed by atoms with E-state index in [1.54, 1.807) is 4.57 Å². The first-order valence-corrected chi connectivity index (χ1v) is 34.9. The number of para-hydroxylation sites is 4. The molecule has 0 fully saturated rings. The van der Waals surface area contributed by atoms with Crippen LogP contribution in [0.25, 0.3) is 110 Å². The summed E-state index contributed by atoms with van der Waals surface area (Å²) in [4.78, 5) is 4.85. The zero-order chi connectivity index (χ0) is 75.4. The second kappa shape index (κ2) is 22.2. The minimum absolute atomic E-state index is 0.0142. The summed E-state index contributed by atoms with van der Waals surface area (Å²) >= 11 is 0. The van der Waals surface area contributed by atoms with E-state index in [0.717, 1.165) is 128 Å². The number of hydrogen-bond acceptors (Lipinski definition) is 3. The smallest absolute Gasteiger partial charge is 0.252 e. The molecule has 13 aromatic carbocycles. The quantitative estimate of drug-likeness (QED) is 0.149. The maximum absolute atomic E-state index is 9.75. The highest BCUT2D eigenvalue weighted by Gasteiger charge is 2.46. The minimum atomic E-state index is -0.496. The van der Waals surface area contributed by atoms with Crippen LogP contribution in [0.3, 0.4) is 0 Å². The number of furan rings is 1. The highest BCUT2D eigenvalue weighted by atomic mass is 16.3. The van der Waals surface area contributed by atoms with Crippen LogP contribution in [-0.2, 0) is 21.7 Å². The summed E-state index contributed by atoms with van der Waals surface area (Å²) in [5.41, 5.74) is 23.7. The average Bonchev–Trinajstić information content (AvgIpc) is 1.03. The van der Waals surface area contributed by atoms with Crippen LogP contribution in [0.4, 0.5) is 34.1 Å². The largest absolute Gasteiger partial charge is 0.453 e. The Hall–Kier alpha value is -11.1. The summed E-state index contributed by atoms with van der Waals surface area (Å²) in [6, 6.07) is 78.0. The minimum Gasteiger partial charge on any atom is -0.453 e. The van der Waals surface area contributed by atoms with Crippen molar-refractivity contribution in [3.05, 3.63) is 295 Å². The van der Waals surface area contributed by atoms with Gasteiger partial charge in [-0.15, -0.1) is 0 Å². The number of nitrogens with zero attached hydrogens (tertiary/aromatic N) is 4. The fourth-order valence-electron chi connectivity index (χ4n) is 15.9. The molecule has 2 aliphatic heterocycles. The fourth-order valence-corrected chi connectivity index (χ4v) is 15.9. The Kier molecular flexibility index (Phi) is 11.8. The number of anilines is 6. The Labute approximate surface area is 598 Å². The van der Waals surface area contributed by atoms with Crippen molar-refractivity contribution in [1.82, 2.24) is 9.13 Å². The van der Waals surface area contributed by atoms with E-state index in [-0.39, 0.29) is 62.2 Å². The molecule has 0 amide bonds. The predicted molar refractivity (Wildman–Crippen MR) is 428 cm³/mol. The molecule has 2 aliphatic rings. The lowest BCUT2D eigenvalue weighted by Gasteiger charge is -2.45. The van der Waals surface area contributed by atoms with Crippen LogP contribution in [0.2, 0.25) is 0 Å². The van der Waals surface area contributed by atoms with Crippen molar-refractivity contribution in [1.29, 1.82) is 0 Å². The second-order valence-electron chi connectivity index (χ2n) is 31.6. The molecule has 0 radical (unpaired) electrons. The van der Waals surface area contributed by atoms with Gasteiger partial charge in [0, 0.05) is 77.6 Å². The van der Waals surface area contributed by atoms with Gasteiger partial charge in [0.25, 0.3) is 6.71 Å². The highest BCUT2D eigenvalue weighted by Crippen LogP contribution is 2.52. The Morgan fingerprint density at radius 3 is 1.32 bits per heavy atom. The molecule has 6 heteroatoms. The van der Waals surface area contributed by atoms with E-state index in [0.29, 0.717) is 5.69 Å². The van der Waals surface area contributed by atoms with Crippen molar-refractivity contribution in [2.24, 2.45) is 0 Å². The van der Waals surface area contributed by atoms with Crippen molar-refractivity contribution in [3.63, 3.8) is 0 Å². The normalized spacial score (nSPS) is 14.5. The molecule has 5 nitrogen and oxygen atoms in total. The Bertz CT molecular complexity index is 6380. The first-order valence-electron chi connectivity index (χ1n) is 38.9.